The van der Waals surface area contributed by atoms with E-state index in [1.165, 1.54) is 17.8 Å². The van der Waals surface area contributed by atoms with Crippen LogP contribution in [0.1, 0.15) is 58.6 Å². The van der Waals surface area contributed by atoms with Gasteiger partial charge in [-0.25, -0.2) is 14.2 Å². The van der Waals surface area contributed by atoms with Crippen molar-refractivity contribution in [2.75, 3.05) is 19.7 Å². The maximum Gasteiger partial charge on any atom is 0.338 e. The van der Waals surface area contributed by atoms with Crippen LogP contribution in [0.3, 0.4) is 0 Å². The van der Waals surface area contributed by atoms with Gasteiger partial charge in [0.05, 0.1) is 30.3 Å². The van der Waals surface area contributed by atoms with E-state index in [9.17, 15) is 14.0 Å². The standard InChI is InChI=1S/C24H30FN3O3S/c1-5-12-27(13-6-2)20(29)14-17-15-32-24-26-16(4)21(23(30)31-7-3)22(28(17)24)18-10-8-9-11-19(18)25/h8-11,15,22H,5-7,12-14H2,1-4H3. The van der Waals surface area contributed by atoms with Gasteiger partial charge in [0, 0.05) is 24.4 Å². The number of aliphatic imine (C=N–C) groups is 1. The van der Waals surface area contributed by atoms with E-state index >= 15 is 0 Å². The van der Waals surface area contributed by atoms with Crippen molar-refractivity contribution in [3.8, 4) is 0 Å². The SMILES string of the molecule is CCCN(CCC)C(=O)CC1=CSC2=NC(C)=C(C(=O)OCC)C(c3ccccc3F)N12. The van der Waals surface area contributed by atoms with Crippen LogP contribution < -0.4 is 0 Å². The number of esters is 1. The predicted octanol–water partition coefficient (Wildman–Crippen LogP) is 5.00. The lowest BCUT2D eigenvalue weighted by Gasteiger charge is -2.36. The molecule has 0 fully saturated rings. The minimum Gasteiger partial charge on any atom is -0.463 e. The van der Waals surface area contributed by atoms with E-state index in [0.29, 0.717) is 40.8 Å². The predicted molar refractivity (Wildman–Crippen MR) is 125 cm³/mol. The molecular formula is C24H30FN3O3S. The lowest BCUT2D eigenvalue weighted by Crippen LogP contribution is -2.39. The van der Waals surface area contributed by atoms with Gasteiger partial charge in [-0.15, -0.1) is 0 Å². The Morgan fingerprint density at radius 1 is 1.19 bits per heavy atom. The first-order chi connectivity index (χ1) is 15.4. The van der Waals surface area contributed by atoms with E-state index in [1.54, 1.807) is 32.0 Å². The summed E-state index contributed by atoms with van der Waals surface area (Å²) in [6.45, 7) is 9.14. The fourth-order valence-electron chi connectivity index (χ4n) is 4.00. The number of hydrogen-bond donors (Lipinski definition) is 0. The molecule has 2 aliphatic heterocycles. The molecule has 6 nitrogen and oxygen atoms in total. The average Bonchev–Trinajstić information content (AvgIpc) is 3.15. The Kier molecular flexibility index (Phi) is 8.12. The largest absolute Gasteiger partial charge is 0.463 e. The molecule has 1 aromatic carbocycles. The first-order valence-corrected chi connectivity index (χ1v) is 11.9. The van der Waals surface area contributed by atoms with Gasteiger partial charge in [-0.2, -0.15) is 0 Å². The Hall–Kier alpha value is -2.61. The highest BCUT2D eigenvalue weighted by atomic mass is 32.2. The molecule has 2 heterocycles. The van der Waals surface area contributed by atoms with Crippen molar-refractivity contribution < 1.29 is 18.7 Å². The van der Waals surface area contributed by atoms with E-state index in [0.717, 1.165) is 12.8 Å². The number of halogens is 1. The summed E-state index contributed by atoms with van der Waals surface area (Å²) in [5.74, 6) is -0.935. The molecule has 0 radical (unpaired) electrons. The number of amides is 1. The number of ether oxygens (including phenoxy) is 1. The third kappa shape index (κ3) is 4.90. The van der Waals surface area contributed by atoms with Crippen molar-refractivity contribution in [3.63, 3.8) is 0 Å². The van der Waals surface area contributed by atoms with Crippen LogP contribution in [0, 0.1) is 5.82 Å². The van der Waals surface area contributed by atoms with Crippen LogP contribution in [-0.2, 0) is 14.3 Å². The fraction of sp³-hybridized carbons (Fsp3) is 0.458. The lowest BCUT2D eigenvalue weighted by atomic mass is 9.93. The van der Waals surface area contributed by atoms with Gasteiger partial charge in [-0.05, 0) is 38.2 Å². The number of amidine groups is 1. The van der Waals surface area contributed by atoms with E-state index in [-0.39, 0.29) is 18.9 Å². The van der Waals surface area contributed by atoms with Crippen LogP contribution in [0.25, 0.3) is 0 Å². The normalized spacial score (nSPS) is 17.7. The highest BCUT2D eigenvalue weighted by molar-refractivity contribution is 8.16. The van der Waals surface area contributed by atoms with Crippen LogP contribution in [0.5, 0.6) is 0 Å². The molecule has 0 saturated heterocycles. The van der Waals surface area contributed by atoms with Crippen molar-refractivity contribution in [1.82, 2.24) is 9.80 Å². The first kappa shape index (κ1) is 24.0. The van der Waals surface area contributed by atoms with Gasteiger partial charge < -0.3 is 14.5 Å². The minimum absolute atomic E-state index is 0.0121. The van der Waals surface area contributed by atoms with Crippen LogP contribution in [-0.4, -0.2) is 46.5 Å². The molecule has 0 bridgehead atoms. The Morgan fingerprint density at radius 3 is 2.50 bits per heavy atom. The highest BCUT2D eigenvalue weighted by Crippen LogP contribution is 2.45. The second kappa shape index (κ2) is 10.8. The molecule has 1 aromatic rings. The minimum atomic E-state index is -0.748. The number of allylic oxidation sites excluding steroid dienone is 1. The van der Waals surface area contributed by atoms with Crippen molar-refractivity contribution in [1.29, 1.82) is 0 Å². The number of carbonyl (C=O) groups excluding carboxylic acids is 2. The van der Waals surface area contributed by atoms with Crippen molar-refractivity contribution in [2.45, 2.75) is 53.0 Å². The maximum absolute atomic E-state index is 15.0. The molecule has 172 valence electrons. The first-order valence-electron chi connectivity index (χ1n) is 11.1. The van der Waals surface area contributed by atoms with E-state index in [4.69, 9.17) is 4.74 Å². The van der Waals surface area contributed by atoms with Gasteiger partial charge in [0.15, 0.2) is 5.17 Å². The zero-order valence-corrected chi connectivity index (χ0v) is 19.9. The summed E-state index contributed by atoms with van der Waals surface area (Å²) in [5.41, 5.74) is 1.84. The quantitative estimate of drug-likeness (QED) is 0.486. The number of benzene rings is 1. The summed E-state index contributed by atoms with van der Waals surface area (Å²) in [6.07, 6.45) is 1.91. The molecule has 0 N–H and O–H groups in total. The summed E-state index contributed by atoms with van der Waals surface area (Å²) in [5, 5.41) is 2.51. The molecule has 3 rings (SSSR count). The Balaban J connectivity index is 2.01. The summed E-state index contributed by atoms with van der Waals surface area (Å²) in [4.78, 5) is 34.2. The van der Waals surface area contributed by atoms with Crippen LogP contribution >= 0.6 is 11.8 Å². The second-order valence-electron chi connectivity index (χ2n) is 7.69. The van der Waals surface area contributed by atoms with Gasteiger partial charge in [-0.1, -0.05) is 43.8 Å². The molecule has 1 amide bonds. The number of carbonyl (C=O) groups is 2. The van der Waals surface area contributed by atoms with Crippen LogP contribution in [0.4, 0.5) is 4.39 Å². The molecule has 1 atom stereocenters. The fourth-order valence-corrected chi connectivity index (χ4v) is 4.96. The molecule has 32 heavy (non-hydrogen) atoms. The Morgan fingerprint density at radius 2 is 1.88 bits per heavy atom. The number of hydrogen-bond acceptors (Lipinski definition) is 6. The number of fused-ring (bicyclic) bond motifs is 1. The Labute approximate surface area is 193 Å². The summed E-state index contributed by atoms with van der Waals surface area (Å²) < 4.78 is 20.3. The topological polar surface area (TPSA) is 62.2 Å². The van der Waals surface area contributed by atoms with Crippen molar-refractivity contribution in [2.24, 2.45) is 4.99 Å². The van der Waals surface area contributed by atoms with Crippen molar-refractivity contribution >= 4 is 28.8 Å². The molecule has 2 aliphatic rings. The van der Waals surface area contributed by atoms with Gasteiger partial charge in [-0.3, -0.25) is 4.79 Å². The average molecular weight is 460 g/mol. The third-order valence-corrected chi connectivity index (χ3v) is 6.26. The second-order valence-corrected chi connectivity index (χ2v) is 8.53. The summed E-state index contributed by atoms with van der Waals surface area (Å²) >= 11 is 1.38. The smallest absolute Gasteiger partial charge is 0.338 e. The van der Waals surface area contributed by atoms with E-state index < -0.39 is 17.8 Å². The number of thioether (sulfide) groups is 1. The van der Waals surface area contributed by atoms with Crippen molar-refractivity contribution in [3.05, 3.63) is 58.0 Å². The van der Waals surface area contributed by atoms with Gasteiger partial charge in [0.2, 0.25) is 5.91 Å². The summed E-state index contributed by atoms with van der Waals surface area (Å²) in [7, 11) is 0. The Bertz CT molecular complexity index is 967. The third-order valence-electron chi connectivity index (χ3n) is 5.37. The van der Waals surface area contributed by atoms with Gasteiger partial charge >= 0.3 is 5.97 Å². The molecule has 0 saturated carbocycles. The molecule has 8 heteroatoms. The van der Waals surface area contributed by atoms with E-state index in [1.807, 2.05) is 29.1 Å². The highest BCUT2D eigenvalue weighted by Gasteiger charge is 2.42. The monoisotopic (exact) mass is 459 g/mol. The number of nitrogens with zero attached hydrogens (tertiary/aromatic N) is 3. The molecule has 0 spiro atoms. The lowest BCUT2D eigenvalue weighted by molar-refractivity contribution is -0.139. The van der Waals surface area contributed by atoms with Crippen LogP contribution in [0.2, 0.25) is 0 Å². The van der Waals surface area contributed by atoms with E-state index in [2.05, 4.69) is 4.99 Å². The number of rotatable bonds is 9. The zero-order chi connectivity index (χ0) is 23.3. The molecular weight excluding hydrogens is 429 g/mol. The molecule has 0 aromatic heterocycles. The molecule has 0 aliphatic carbocycles. The maximum atomic E-state index is 15.0. The van der Waals surface area contributed by atoms with Gasteiger partial charge in [0.1, 0.15) is 5.82 Å². The summed E-state index contributed by atoms with van der Waals surface area (Å²) in [6, 6.07) is 5.65. The molecule has 1 unspecified atom stereocenters. The zero-order valence-electron chi connectivity index (χ0n) is 19.1. The van der Waals surface area contributed by atoms with Crippen LogP contribution in [0.15, 0.2) is 51.6 Å². The van der Waals surface area contributed by atoms with Gasteiger partial charge in [0.25, 0.3) is 0 Å².